The monoisotopic (exact) mass is 397 g/mol. The summed E-state index contributed by atoms with van der Waals surface area (Å²) in [6.07, 6.45) is -1.86. The lowest BCUT2D eigenvalue weighted by atomic mass is 10.2. The quantitative estimate of drug-likeness (QED) is 0.279. The maximum Gasteiger partial charge on any atom is 0.473 e. The summed E-state index contributed by atoms with van der Waals surface area (Å²) in [4.78, 5) is 52.0. The van der Waals surface area contributed by atoms with Crippen LogP contribution in [0.15, 0.2) is 15.8 Å². The zero-order valence-corrected chi connectivity index (χ0v) is 14.7. The molecule has 5 N–H and O–H groups in total. The molecular formula is C10H16BN2O10P2-. The van der Waals surface area contributed by atoms with Crippen molar-refractivity contribution in [2.45, 2.75) is 31.8 Å². The number of rotatable bonds is 6. The van der Waals surface area contributed by atoms with Crippen molar-refractivity contribution in [2.24, 2.45) is 0 Å². The molecule has 0 aliphatic carbocycles. The molecule has 140 valence electrons. The van der Waals surface area contributed by atoms with Gasteiger partial charge in [-0.2, -0.15) is 0 Å². The van der Waals surface area contributed by atoms with E-state index in [2.05, 4.69) is 9.29 Å². The summed E-state index contributed by atoms with van der Waals surface area (Å²) in [5.41, 5.74) is -1.02. The number of H-pyrrole nitrogens is 1. The first kappa shape index (κ1) is 20.4. The molecule has 2 heterocycles. The van der Waals surface area contributed by atoms with Gasteiger partial charge in [-0.1, -0.05) is 0 Å². The van der Waals surface area contributed by atoms with Crippen molar-refractivity contribution in [3.8, 4) is 0 Å². The minimum Gasteiger partial charge on any atom is -0.485 e. The number of nitrogens with one attached hydrogen (secondary N) is 1. The van der Waals surface area contributed by atoms with Crippen LogP contribution in [0.1, 0.15) is 18.2 Å². The second-order valence-corrected chi connectivity index (χ2v) is 8.36. The Bertz CT molecular complexity index is 847. The molecule has 0 spiro atoms. The number of aromatic amines is 1. The Balaban J connectivity index is 2.06. The highest BCUT2D eigenvalue weighted by molar-refractivity contribution is 7.71. The topological polar surface area (TPSA) is 181 Å². The van der Waals surface area contributed by atoms with E-state index >= 15 is 0 Å². The summed E-state index contributed by atoms with van der Waals surface area (Å²) in [7, 11) is -4.27. The lowest BCUT2D eigenvalue weighted by Gasteiger charge is -2.30. The average molecular weight is 397 g/mol. The average Bonchev–Trinajstić information content (AvgIpc) is 2.79. The second kappa shape index (κ2) is 7.39. The van der Waals surface area contributed by atoms with E-state index in [0.29, 0.717) is 0 Å². The Morgan fingerprint density at radius 3 is 2.68 bits per heavy atom. The van der Waals surface area contributed by atoms with Crippen molar-refractivity contribution in [1.82, 2.24) is 9.55 Å². The molecule has 2 rings (SSSR count). The fraction of sp³-hybridized carbons (Fsp3) is 0.600. The number of phosphoric acid groups is 1. The SMILES string of the molecule is [B-]=P(O)(OC[C@H]1O[C@@H](n2cc(C)c(=O)[nH]c2=O)C[C@@H]1O)OP(=O)(O)O. The molecule has 1 aromatic rings. The van der Waals surface area contributed by atoms with Crippen LogP contribution in [-0.4, -0.2) is 55.3 Å². The van der Waals surface area contributed by atoms with Gasteiger partial charge in [-0.15, -0.1) is 0 Å². The van der Waals surface area contributed by atoms with Gasteiger partial charge in [0.05, 0.1) is 12.7 Å². The smallest absolute Gasteiger partial charge is 0.473 e. The Labute approximate surface area is 141 Å². The number of nitrogens with zero attached hydrogens (tertiary/aromatic N) is 1. The maximum absolute atomic E-state index is 11.8. The Hall–Kier alpha value is -0.875. The number of hydrogen-bond donors (Lipinski definition) is 5. The van der Waals surface area contributed by atoms with Crippen LogP contribution in [0, 0.1) is 6.92 Å². The van der Waals surface area contributed by atoms with Gasteiger partial charge < -0.3 is 36.2 Å². The van der Waals surface area contributed by atoms with E-state index in [9.17, 15) is 24.2 Å². The van der Waals surface area contributed by atoms with Gasteiger partial charge in [0.2, 0.25) is 0 Å². The fourth-order valence-electron chi connectivity index (χ4n) is 2.19. The second-order valence-electron chi connectivity index (χ2n) is 5.34. The summed E-state index contributed by atoms with van der Waals surface area (Å²) >= 11 is 0. The molecule has 1 aromatic heterocycles. The summed E-state index contributed by atoms with van der Waals surface area (Å²) in [5.74, 6) is 0. The predicted octanol–water partition coefficient (Wildman–Crippen LogP) is -1.54. The number of aliphatic hydroxyl groups is 1. The molecule has 2 radical (unpaired) electrons. The number of aromatic nitrogens is 2. The fourth-order valence-corrected chi connectivity index (χ4v) is 3.96. The van der Waals surface area contributed by atoms with E-state index in [0.717, 1.165) is 4.57 Å². The Morgan fingerprint density at radius 2 is 2.08 bits per heavy atom. The summed E-state index contributed by atoms with van der Waals surface area (Å²) in [5, 5.41) is 9.97. The number of aliphatic hydroxyl groups excluding tert-OH is 1. The van der Waals surface area contributed by atoms with E-state index in [1.807, 2.05) is 0 Å². The molecule has 1 fully saturated rings. The normalized spacial score (nSPS) is 26.5. The summed E-state index contributed by atoms with van der Waals surface area (Å²) < 4.78 is 25.8. The molecular weight excluding hydrogens is 381 g/mol. The number of aryl methyl sites for hydroxylation is 1. The molecule has 0 saturated carbocycles. The van der Waals surface area contributed by atoms with Crippen LogP contribution in [0.4, 0.5) is 0 Å². The molecule has 1 aliphatic heterocycles. The molecule has 25 heavy (non-hydrogen) atoms. The maximum atomic E-state index is 11.8. The first-order chi connectivity index (χ1) is 11.4. The molecule has 1 aliphatic rings. The minimum atomic E-state index is -5.07. The molecule has 0 amide bonds. The zero-order valence-electron chi connectivity index (χ0n) is 12.9. The van der Waals surface area contributed by atoms with Gasteiger partial charge in [-0.05, 0) is 14.4 Å². The largest absolute Gasteiger partial charge is 0.485 e. The number of ether oxygens (including phenoxy) is 1. The van der Waals surface area contributed by atoms with Gasteiger partial charge in [0.15, 0.2) is 0 Å². The molecule has 12 nitrogen and oxygen atoms in total. The van der Waals surface area contributed by atoms with E-state index in [1.165, 1.54) is 13.1 Å². The summed E-state index contributed by atoms with van der Waals surface area (Å²) in [6.45, 7) is 0.939. The standard InChI is InChI=1S/C10H16BN2O10P2/c1-5-3-13(10(16)12-9(5)15)8-2-6(14)7(22-8)4-21-24(11,17)23-25(18,19)20/h3,6-8,14,17H,2,4H2,1H3,(H,12,15,16)(H2,18,19,20)/q-1/t6-,7+,8+,24?/m0/s1. The molecule has 15 heteroatoms. The van der Waals surface area contributed by atoms with Crippen LogP contribution in [0.3, 0.4) is 0 Å². The first-order valence-corrected chi connectivity index (χ1v) is 10.0. The highest BCUT2D eigenvalue weighted by Gasteiger charge is 2.36. The number of hydrogen-bond acceptors (Lipinski definition) is 8. The van der Waals surface area contributed by atoms with Crippen molar-refractivity contribution in [3.63, 3.8) is 0 Å². The van der Waals surface area contributed by atoms with Crippen LogP contribution in [0.25, 0.3) is 0 Å². The molecule has 0 bridgehead atoms. The van der Waals surface area contributed by atoms with E-state index < -0.39 is 51.5 Å². The van der Waals surface area contributed by atoms with E-state index in [4.69, 9.17) is 26.2 Å². The van der Waals surface area contributed by atoms with Crippen molar-refractivity contribution < 1.29 is 37.9 Å². The molecule has 0 aromatic carbocycles. The highest BCUT2D eigenvalue weighted by atomic mass is 31.3. The van der Waals surface area contributed by atoms with Gasteiger partial charge in [0.1, 0.15) is 12.3 Å². The van der Waals surface area contributed by atoms with Crippen molar-refractivity contribution in [3.05, 3.63) is 32.6 Å². The lowest BCUT2D eigenvalue weighted by molar-refractivity contribution is -0.0428. The van der Waals surface area contributed by atoms with Crippen LogP contribution in [-0.2, 0) is 18.1 Å². The lowest BCUT2D eigenvalue weighted by Crippen LogP contribution is -2.33. The van der Waals surface area contributed by atoms with Crippen LogP contribution in [0.5, 0.6) is 0 Å². The predicted molar refractivity (Wildman–Crippen MR) is 84.6 cm³/mol. The minimum absolute atomic E-state index is 0.0276. The van der Waals surface area contributed by atoms with Gasteiger partial charge in [-0.3, -0.25) is 18.7 Å². The van der Waals surface area contributed by atoms with Gasteiger partial charge >= 0.3 is 13.5 Å². The van der Waals surface area contributed by atoms with Crippen LogP contribution < -0.4 is 11.2 Å². The van der Waals surface area contributed by atoms with Crippen molar-refractivity contribution >= 4 is 22.4 Å². The van der Waals surface area contributed by atoms with Crippen molar-refractivity contribution in [1.29, 1.82) is 0 Å². The van der Waals surface area contributed by atoms with Crippen molar-refractivity contribution in [2.75, 3.05) is 6.61 Å². The Morgan fingerprint density at radius 1 is 1.44 bits per heavy atom. The zero-order chi connectivity index (χ0) is 19.0. The van der Waals surface area contributed by atoms with E-state index in [1.54, 1.807) is 0 Å². The van der Waals surface area contributed by atoms with Gasteiger partial charge in [0.25, 0.3) is 5.56 Å². The van der Waals surface area contributed by atoms with Crippen LogP contribution in [0.2, 0.25) is 0 Å². The Kier molecular flexibility index (Phi) is 6.05. The first-order valence-electron chi connectivity index (χ1n) is 6.85. The van der Waals surface area contributed by atoms with E-state index in [-0.39, 0.29) is 12.0 Å². The molecule has 1 unspecified atom stereocenters. The van der Waals surface area contributed by atoms with Crippen LogP contribution >= 0.6 is 15.3 Å². The molecule has 4 atom stereocenters. The highest BCUT2D eigenvalue weighted by Crippen LogP contribution is 2.57. The summed E-state index contributed by atoms with van der Waals surface area (Å²) in [6, 6.07) is 0. The van der Waals surface area contributed by atoms with Gasteiger partial charge in [0, 0.05) is 18.2 Å². The third-order valence-electron chi connectivity index (χ3n) is 3.31. The molecule has 1 saturated heterocycles. The van der Waals surface area contributed by atoms with Gasteiger partial charge in [-0.25, -0.2) is 9.36 Å². The third kappa shape index (κ3) is 5.55. The third-order valence-corrected chi connectivity index (χ3v) is 5.61.